The predicted molar refractivity (Wildman–Crippen MR) is 49.7 cm³/mol. The van der Waals surface area contributed by atoms with Gasteiger partial charge in [-0.2, -0.15) is 0 Å². The fraction of sp³-hybridized carbons (Fsp3) is 0.182. The van der Waals surface area contributed by atoms with Crippen LogP contribution in [-0.4, -0.2) is 4.98 Å². The minimum Gasteiger partial charge on any atom is -0.265 e. The Balaban J connectivity index is 2.04. The van der Waals surface area contributed by atoms with Crippen LogP contribution in [0.5, 0.6) is 0 Å². The van der Waals surface area contributed by atoms with E-state index < -0.39 is 0 Å². The second-order valence-corrected chi connectivity index (χ2v) is 2.99. The van der Waals surface area contributed by atoms with Crippen LogP contribution in [0, 0.1) is 5.92 Å². The molecule has 0 aliphatic heterocycles. The summed E-state index contributed by atoms with van der Waals surface area (Å²) in [4.78, 5) is 3.98. The van der Waals surface area contributed by atoms with E-state index in [1.807, 2.05) is 12.4 Å². The molecular weight excluding hydrogens is 146 g/mol. The van der Waals surface area contributed by atoms with E-state index in [4.69, 9.17) is 0 Å². The second kappa shape index (κ2) is 3.35. The van der Waals surface area contributed by atoms with Crippen molar-refractivity contribution < 1.29 is 0 Å². The molecule has 0 saturated heterocycles. The van der Waals surface area contributed by atoms with E-state index in [1.165, 1.54) is 5.56 Å². The van der Waals surface area contributed by atoms with Gasteiger partial charge in [0, 0.05) is 12.4 Å². The van der Waals surface area contributed by atoms with Gasteiger partial charge in [0.2, 0.25) is 0 Å². The lowest BCUT2D eigenvalue weighted by Crippen LogP contribution is -1.95. The highest BCUT2D eigenvalue weighted by atomic mass is 14.6. The van der Waals surface area contributed by atoms with Crippen LogP contribution in [0.2, 0.25) is 0 Å². The standard InChI is InChI=1S/C11H11N/c1-2-4-10(3-1)9-11-5-7-12-8-6-11/h1-8,10H,9H2. The third-order valence-electron chi connectivity index (χ3n) is 2.05. The van der Waals surface area contributed by atoms with E-state index in [0.29, 0.717) is 5.92 Å². The molecule has 0 fully saturated rings. The first-order valence-corrected chi connectivity index (χ1v) is 4.19. The Morgan fingerprint density at radius 3 is 2.42 bits per heavy atom. The summed E-state index contributed by atoms with van der Waals surface area (Å²) in [6.45, 7) is 0. The van der Waals surface area contributed by atoms with Crippen LogP contribution >= 0.6 is 0 Å². The zero-order valence-electron chi connectivity index (χ0n) is 6.85. The molecule has 1 aliphatic carbocycles. The van der Waals surface area contributed by atoms with Crippen LogP contribution in [0.25, 0.3) is 0 Å². The Bertz CT molecular complexity index is 286. The molecule has 0 N–H and O–H groups in total. The van der Waals surface area contributed by atoms with Gasteiger partial charge in [-0.15, -0.1) is 0 Å². The fourth-order valence-corrected chi connectivity index (χ4v) is 1.41. The van der Waals surface area contributed by atoms with Crippen LogP contribution < -0.4 is 0 Å². The molecule has 0 bridgehead atoms. The van der Waals surface area contributed by atoms with E-state index in [0.717, 1.165) is 6.42 Å². The highest BCUT2D eigenvalue weighted by molar-refractivity contribution is 5.22. The van der Waals surface area contributed by atoms with Gasteiger partial charge in [0.1, 0.15) is 0 Å². The smallest absolute Gasteiger partial charge is 0.0270 e. The van der Waals surface area contributed by atoms with Crippen LogP contribution in [0.3, 0.4) is 0 Å². The fourth-order valence-electron chi connectivity index (χ4n) is 1.41. The number of hydrogen-bond acceptors (Lipinski definition) is 1. The first kappa shape index (κ1) is 7.29. The van der Waals surface area contributed by atoms with Gasteiger partial charge in [-0.05, 0) is 30.0 Å². The summed E-state index contributed by atoms with van der Waals surface area (Å²) >= 11 is 0. The van der Waals surface area contributed by atoms with Gasteiger partial charge >= 0.3 is 0 Å². The van der Waals surface area contributed by atoms with Gasteiger partial charge in [0.05, 0.1) is 0 Å². The van der Waals surface area contributed by atoms with Gasteiger partial charge in [0.25, 0.3) is 0 Å². The summed E-state index contributed by atoms with van der Waals surface area (Å²) in [5.41, 5.74) is 1.35. The summed E-state index contributed by atoms with van der Waals surface area (Å²) in [7, 11) is 0. The van der Waals surface area contributed by atoms with Gasteiger partial charge in [-0.3, -0.25) is 4.98 Å². The highest BCUT2D eigenvalue weighted by Gasteiger charge is 2.03. The molecule has 1 nitrogen and oxygen atoms in total. The third kappa shape index (κ3) is 1.62. The molecule has 2 rings (SSSR count). The van der Waals surface area contributed by atoms with Gasteiger partial charge in [-0.1, -0.05) is 24.3 Å². The number of rotatable bonds is 2. The predicted octanol–water partition coefficient (Wildman–Crippen LogP) is 2.37. The van der Waals surface area contributed by atoms with E-state index in [-0.39, 0.29) is 0 Å². The van der Waals surface area contributed by atoms with Crippen molar-refractivity contribution in [3.05, 3.63) is 54.4 Å². The second-order valence-electron chi connectivity index (χ2n) is 2.99. The number of aromatic nitrogens is 1. The van der Waals surface area contributed by atoms with E-state index in [1.54, 1.807) is 0 Å². The number of allylic oxidation sites excluding steroid dienone is 4. The molecule has 1 aromatic heterocycles. The third-order valence-corrected chi connectivity index (χ3v) is 2.05. The quantitative estimate of drug-likeness (QED) is 0.642. The molecule has 60 valence electrons. The number of pyridine rings is 1. The molecule has 1 aromatic rings. The molecule has 12 heavy (non-hydrogen) atoms. The Morgan fingerprint density at radius 2 is 1.75 bits per heavy atom. The van der Waals surface area contributed by atoms with Crippen LogP contribution in [0.15, 0.2) is 48.8 Å². The molecule has 0 aromatic carbocycles. The van der Waals surface area contributed by atoms with Crippen molar-refractivity contribution in [3.8, 4) is 0 Å². The maximum Gasteiger partial charge on any atom is 0.0270 e. The lowest BCUT2D eigenvalue weighted by Gasteiger charge is -2.03. The first-order valence-electron chi connectivity index (χ1n) is 4.19. The summed E-state index contributed by atoms with van der Waals surface area (Å²) in [5, 5.41) is 0. The first-order chi connectivity index (χ1) is 5.95. The van der Waals surface area contributed by atoms with Crippen molar-refractivity contribution in [3.63, 3.8) is 0 Å². The highest BCUT2D eigenvalue weighted by Crippen LogP contribution is 2.14. The Hall–Kier alpha value is -1.37. The lowest BCUT2D eigenvalue weighted by atomic mass is 10.0. The summed E-state index contributed by atoms with van der Waals surface area (Å²) in [5.74, 6) is 0.590. The topological polar surface area (TPSA) is 12.9 Å². The van der Waals surface area contributed by atoms with Gasteiger partial charge < -0.3 is 0 Å². The number of hydrogen-bond donors (Lipinski definition) is 0. The molecule has 0 atom stereocenters. The Morgan fingerprint density at radius 1 is 1.08 bits per heavy atom. The Labute approximate surface area is 72.5 Å². The molecule has 1 heteroatoms. The van der Waals surface area contributed by atoms with Crippen molar-refractivity contribution in [2.45, 2.75) is 6.42 Å². The maximum absolute atomic E-state index is 3.98. The number of nitrogens with zero attached hydrogens (tertiary/aromatic N) is 1. The monoisotopic (exact) mass is 157 g/mol. The van der Waals surface area contributed by atoms with Gasteiger partial charge in [-0.25, -0.2) is 0 Å². The van der Waals surface area contributed by atoms with Crippen LogP contribution in [0.1, 0.15) is 5.56 Å². The Kier molecular flexibility index (Phi) is 2.04. The minimum atomic E-state index is 0.590. The van der Waals surface area contributed by atoms with Gasteiger partial charge in [0.15, 0.2) is 0 Å². The summed E-state index contributed by atoms with van der Waals surface area (Å²) in [6, 6.07) is 4.14. The van der Waals surface area contributed by atoms with Crippen molar-refractivity contribution in [2.75, 3.05) is 0 Å². The van der Waals surface area contributed by atoms with E-state index in [9.17, 15) is 0 Å². The largest absolute Gasteiger partial charge is 0.265 e. The molecule has 0 spiro atoms. The molecule has 0 amide bonds. The average molecular weight is 157 g/mol. The van der Waals surface area contributed by atoms with Crippen LogP contribution in [-0.2, 0) is 6.42 Å². The van der Waals surface area contributed by atoms with Crippen molar-refractivity contribution in [1.29, 1.82) is 0 Å². The van der Waals surface area contributed by atoms with Crippen molar-refractivity contribution in [1.82, 2.24) is 4.98 Å². The zero-order valence-corrected chi connectivity index (χ0v) is 6.85. The van der Waals surface area contributed by atoms with Crippen molar-refractivity contribution in [2.24, 2.45) is 5.92 Å². The van der Waals surface area contributed by atoms with Crippen molar-refractivity contribution >= 4 is 0 Å². The molecule has 0 saturated carbocycles. The molecule has 0 unspecified atom stereocenters. The molecule has 1 heterocycles. The zero-order chi connectivity index (χ0) is 8.23. The SMILES string of the molecule is C1=CC(Cc2ccncc2)C=C1. The average Bonchev–Trinajstić information content (AvgIpc) is 2.59. The molecule has 0 radical (unpaired) electrons. The minimum absolute atomic E-state index is 0.590. The lowest BCUT2D eigenvalue weighted by molar-refractivity contribution is 0.814. The van der Waals surface area contributed by atoms with E-state index in [2.05, 4.69) is 41.4 Å². The molecular formula is C11H11N. The maximum atomic E-state index is 3.98. The van der Waals surface area contributed by atoms with E-state index >= 15 is 0 Å². The molecule has 1 aliphatic rings. The summed E-state index contributed by atoms with van der Waals surface area (Å²) < 4.78 is 0. The summed E-state index contributed by atoms with van der Waals surface area (Å²) in [6.07, 6.45) is 13.4. The van der Waals surface area contributed by atoms with Crippen LogP contribution in [0.4, 0.5) is 0 Å². The normalized spacial score (nSPS) is 15.7.